The minimum Gasteiger partial charge on any atom is -0.454 e. The number of benzene rings is 3. The lowest BCUT2D eigenvalue weighted by Crippen LogP contribution is -2.23. The zero-order valence-electron chi connectivity index (χ0n) is 17.1. The first kappa shape index (κ1) is 20.3. The van der Waals surface area contributed by atoms with Gasteiger partial charge in [-0.15, -0.1) is 0 Å². The maximum atomic E-state index is 13.3. The molecular formula is C24H21N3O4S. The van der Waals surface area contributed by atoms with Crippen LogP contribution in [0.4, 0.5) is 0 Å². The number of hydrogen-bond donors (Lipinski definition) is 1. The van der Waals surface area contributed by atoms with Crippen LogP contribution in [0, 0.1) is 0 Å². The Balaban J connectivity index is 1.44. The highest BCUT2D eigenvalue weighted by Gasteiger charge is 2.24. The van der Waals surface area contributed by atoms with Crippen molar-refractivity contribution < 1.29 is 17.9 Å². The Hall–Kier alpha value is -3.62. The van der Waals surface area contributed by atoms with Gasteiger partial charge in [0, 0.05) is 18.3 Å². The van der Waals surface area contributed by atoms with Gasteiger partial charge in [-0.3, -0.25) is 4.68 Å². The molecule has 32 heavy (non-hydrogen) atoms. The fourth-order valence-electron chi connectivity index (χ4n) is 3.55. The quantitative estimate of drug-likeness (QED) is 0.466. The van der Waals surface area contributed by atoms with Crippen molar-refractivity contribution in [2.45, 2.75) is 18.0 Å². The first-order valence-electron chi connectivity index (χ1n) is 10.1. The lowest BCUT2D eigenvalue weighted by molar-refractivity contribution is 0.174. The number of fused-ring (bicyclic) bond motifs is 1. The summed E-state index contributed by atoms with van der Waals surface area (Å²) in [5.74, 6) is 1.27. The molecule has 0 aliphatic carbocycles. The summed E-state index contributed by atoms with van der Waals surface area (Å²) in [6.07, 6.45) is 1.58. The summed E-state index contributed by atoms with van der Waals surface area (Å²) in [7, 11) is -3.83. The summed E-state index contributed by atoms with van der Waals surface area (Å²) >= 11 is 0. The van der Waals surface area contributed by atoms with Crippen LogP contribution >= 0.6 is 0 Å². The Morgan fingerprint density at radius 1 is 0.875 bits per heavy atom. The van der Waals surface area contributed by atoms with Crippen LogP contribution in [0.3, 0.4) is 0 Å². The van der Waals surface area contributed by atoms with Crippen LogP contribution in [-0.2, 0) is 23.1 Å². The van der Waals surface area contributed by atoms with Crippen molar-refractivity contribution in [3.8, 4) is 22.8 Å². The predicted molar refractivity (Wildman–Crippen MR) is 120 cm³/mol. The van der Waals surface area contributed by atoms with E-state index in [9.17, 15) is 8.42 Å². The standard InChI is InChI=1S/C24H21N3O4S/c28-32(29,25-14-19-11-12-21-22(13-19)31-17-30-21)23-16-27(15-18-7-3-1-4-8-18)26-24(23)20-9-5-2-6-10-20/h1-13,16,25H,14-15,17H2. The molecule has 0 saturated carbocycles. The SMILES string of the molecule is O=S(=O)(NCc1ccc2c(c1)OCO2)c1cn(Cc2ccccc2)nc1-c1ccccc1. The molecule has 7 nitrogen and oxygen atoms in total. The van der Waals surface area contributed by atoms with Gasteiger partial charge in [-0.1, -0.05) is 66.7 Å². The molecule has 0 saturated heterocycles. The van der Waals surface area contributed by atoms with Gasteiger partial charge in [0.15, 0.2) is 11.5 Å². The summed E-state index contributed by atoms with van der Waals surface area (Å²) in [5.41, 5.74) is 2.96. The second-order valence-corrected chi connectivity index (χ2v) is 9.14. The molecule has 5 rings (SSSR count). The molecule has 0 radical (unpaired) electrons. The number of ether oxygens (including phenoxy) is 2. The van der Waals surface area contributed by atoms with Crippen LogP contribution in [0.15, 0.2) is 90.0 Å². The van der Waals surface area contributed by atoms with Crippen LogP contribution in [-0.4, -0.2) is 25.0 Å². The number of nitrogens with zero attached hydrogens (tertiary/aromatic N) is 2. The van der Waals surface area contributed by atoms with Crippen LogP contribution in [0.1, 0.15) is 11.1 Å². The van der Waals surface area contributed by atoms with Crippen molar-refractivity contribution in [3.63, 3.8) is 0 Å². The molecule has 1 aliphatic heterocycles. The van der Waals surface area contributed by atoms with Gasteiger partial charge in [0.25, 0.3) is 0 Å². The number of nitrogens with one attached hydrogen (secondary N) is 1. The first-order chi connectivity index (χ1) is 15.6. The van der Waals surface area contributed by atoms with E-state index in [1.165, 1.54) is 0 Å². The van der Waals surface area contributed by atoms with Crippen molar-refractivity contribution in [2.24, 2.45) is 0 Å². The Morgan fingerprint density at radius 2 is 1.59 bits per heavy atom. The lowest BCUT2D eigenvalue weighted by atomic mass is 10.2. The maximum absolute atomic E-state index is 13.3. The molecule has 0 amide bonds. The van der Waals surface area contributed by atoms with Gasteiger partial charge in [0.05, 0.1) is 6.54 Å². The van der Waals surface area contributed by atoms with Crippen LogP contribution in [0.5, 0.6) is 11.5 Å². The smallest absolute Gasteiger partial charge is 0.244 e. The Kier molecular flexibility index (Phi) is 5.38. The summed E-state index contributed by atoms with van der Waals surface area (Å²) < 4.78 is 41.6. The molecule has 8 heteroatoms. The fourth-order valence-corrected chi connectivity index (χ4v) is 4.74. The number of hydrogen-bond acceptors (Lipinski definition) is 5. The van der Waals surface area contributed by atoms with Gasteiger partial charge >= 0.3 is 0 Å². The zero-order valence-corrected chi connectivity index (χ0v) is 18.0. The fraction of sp³-hybridized carbons (Fsp3) is 0.125. The zero-order chi connectivity index (χ0) is 22.0. The third-order valence-electron chi connectivity index (χ3n) is 5.16. The van der Waals surface area contributed by atoms with E-state index >= 15 is 0 Å². The van der Waals surface area contributed by atoms with Crippen LogP contribution in [0.25, 0.3) is 11.3 Å². The monoisotopic (exact) mass is 447 g/mol. The molecule has 2 heterocycles. The molecule has 0 unspecified atom stereocenters. The summed E-state index contributed by atoms with van der Waals surface area (Å²) in [4.78, 5) is 0.139. The maximum Gasteiger partial charge on any atom is 0.244 e. The molecule has 0 spiro atoms. The normalized spacial score (nSPS) is 12.8. The Bertz CT molecular complexity index is 1340. The Morgan fingerprint density at radius 3 is 2.38 bits per heavy atom. The number of aromatic nitrogens is 2. The van der Waals surface area contributed by atoms with Gasteiger partial charge in [-0.05, 0) is 23.3 Å². The van der Waals surface area contributed by atoms with E-state index in [1.807, 2.05) is 66.7 Å². The van der Waals surface area contributed by atoms with Gasteiger partial charge in [0.2, 0.25) is 16.8 Å². The molecule has 0 fully saturated rings. The van der Waals surface area contributed by atoms with Gasteiger partial charge in [0.1, 0.15) is 10.6 Å². The van der Waals surface area contributed by atoms with Gasteiger partial charge in [-0.2, -0.15) is 5.10 Å². The topological polar surface area (TPSA) is 82.5 Å². The number of rotatable bonds is 7. The van der Waals surface area contributed by atoms with E-state index < -0.39 is 10.0 Å². The molecule has 1 aromatic heterocycles. The second kappa shape index (κ2) is 8.49. The van der Waals surface area contributed by atoms with E-state index in [0.29, 0.717) is 23.7 Å². The van der Waals surface area contributed by atoms with Crippen molar-refractivity contribution in [1.82, 2.24) is 14.5 Å². The third-order valence-corrected chi connectivity index (χ3v) is 6.56. The molecule has 1 aliphatic rings. The molecule has 162 valence electrons. The average Bonchev–Trinajstić information content (AvgIpc) is 3.46. The lowest BCUT2D eigenvalue weighted by Gasteiger charge is -2.08. The van der Waals surface area contributed by atoms with Crippen LogP contribution in [0.2, 0.25) is 0 Å². The van der Waals surface area contributed by atoms with Crippen molar-refractivity contribution in [3.05, 3.63) is 96.2 Å². The van der Waals surface area contributed by atoms with Crippen molar-refractivity contribution in [2.75, 3.05) is 6.79 Å². The molecule has 3 aromatic carbocycles. The van der Waals surface area contributed by atoms with Gasteiger partial charge < -0.3 is 9.47 Å². The highest BCUT2D eigenvalue weighted by molar-refractivity contribution is 7.89. The van der Waals surface area contributed by atoms with E-state index in [0.717, 1.165) is 16.7 Å². The summed E-state index contributed by atoms with van der Waals surface area (Å²) in [6, 6.07) is 24.5. The van der Waals surface area contributed by atoms with Crippen molar-refractivity contribution >= 4 is 10.0 Å². The van der Waals surface area contributed by atoms with E-state index in [1.54, 1.807) is 23.0 Å². The van der Waals surface area contributed by atoms with E-state index in [2.05, 4.69) is 9.82 Å². The molecule has 0 atom stereocenters. The highest BCUT2D eigenvalue weighted by atomic mass is 32.2. The largest absolute Gasteiger partial charge is 0.454 e. The molecular weight excluding hydrogens is 426 g/mol. The second-order valence-electron chi connectivity index (χ2n) is 7.40. The Labute approximate surface area is 186 Å². The molecule has 4 aromatic rings. The minimum atomic E-state index is -3.83. The minimum absolute atomic E-state index is 0.122. The van der Waals surface area contributed by atoms with Crippen LogP contribution < -0.4 is 14.2 Å². The van der Waals surface area contributed by atoms with E-state index in [4.69, 9.17) is 9.47 Å². The van der Waals surface area contributed by atoms with Gasteiger partial charge in [-0.25, -0.2) is 13.1 Å². The third kappa shape index (κ3) is 4.23. The van der Waals surface area contributed by atoms with E-state index in [-0.39, 0.29) is 18.2 Å². The average molecular weight is 448 g/mol. The van der Waals surface area contributed by atoms with Crippen molar-refractivity contribution in [1.29, 1.82) is 0 Å². The predicted octanol–water partition coefficient (Wildman–Crippen LogP) is 3.81. The highest BCUT2D eigenvalue weighted by Crippen LogP contribution is 2.32. The number of sulfonamides is 1. The molecule has 0 bridgehead atoms. The molecule has 1 N–H and O–H groups in total. The first-order valence-corrected chi connectivity index (χ1v) is 11.6. The summed E-state index contributed by atoms with van der Waals surface area (Å²) in [5, 5.41) is 4.61. The summed E-state index contributed by atoms with van der Waals surface area (Å²) in [6.45, 7) is 0.765.